The van der Waals surface area contributed by atoms with Gasteiger partial charge in [-0.15, -0.1) is 0 Å². The van der Waals surface area contributed by atoms with Gasteiger partial charge in [-0.3, -0.25) is 4.90 Å². The lowest BCUT2D eigenvalue weighted by Crippen LogP contribution is -2.44. The molecule has 0 aliphatic carbocycles. The number of likely N-dealkylation sites (N-methyl/N-ethyl adjacent to an activating group) is 2. The Balaban J connectivity index is 4.06. The molecule has 0 rings (SSSR count). The molecule has 0 aromatic heterocycles. The second-order valence-electron chi connectivity index (χ2n) is 4.55. The van der Waals surface area contributed by atoms with E-state index >= 15 is 0 Å². The molecule has 0 aliphatic heterocycles. The van der Waals surface area contributed by atoms with Gasteiger partial charge in [0.05, 0.1) is 0 Å². The molecule has 1 N–H and O–H groups in total. The number of hydrogen-bond acceptors (Lipinski definition) is 3. The summed E-state index contributed by atoms with van der Waals surface area (Å²) in [6, 6.07) is 1.39. The standard InChI is InChI=1S/C13H30N2S/c1-6-8-13(11-14-7-2)15(4)12(3)9-10-16-5/h12-14H,6-11H2,1-5H3. The fourth-order valence-corrected chi connectivity index (χ4v) is 2.52. The highest BCUT2D eigenvalue weighted by atomic mass is 32.2. The molecule has 0 saturated carbocycles. The Morgan fingerprint density at radius 2 is 1.94 bits per heavy atom. The van der Waals surface area contributed by atoms with Crippen LogP contribution >= 0.6 is 11.8 Å². The van der Waals surface area contributed by atoms with E-state index in [0.29, 0.717) is 12.1 Å². The van der Waals surface area contributed by atoms with Crippen molar-refractivity contribution in [3.8, 4) is 0 Å². The van der Waals surface area contributed by atoms with Gasteiger partial charge in [-0.05, 0) is 45.4 Å². The smallest absolute Gasteiger partial charge is 0.0220 e. The second-order valence-corrected chi connectivity index (χ2v) is 5.53. The molecule has 2 nitrogen and oxygen atoms in total. The molecule has 2 atom stereocenters. The Morgan fingerprint density at radius 1 is 1.25 bits per heavy atom. The highest BCUT2D eigenvalue weighted by molar-refractivity contribution is 7.98. The average Bonchev–Trinajstić information content (AvgIpc) is 2.30. The van der Waals surface area contributed by atoms with Gasteiger partial charge in [0.15, 0.2) is 0 Å². The van der Waals surface area contributed by atoms with Crippen molar-refractivity contribution in [3.63, 3.8) is 0 Å². The van der Waals surface area contributed by atoms with Gasteiger partial charge in [-0.25, -0.2) is 0 Å². The van der Waals surface area contributed by atoms with Crippen LogP contribution in [0.1, 0.15) is 40.0 Å². The molecule has 2 unspecified atom stereocenters. The van der Waals surface area contributed by atoms with Gasteiger partial charge >= 0.3 is 0 Å². The summed E-state index contributed by atoms with van der Waals surface area (Å²) < 4.78 is 0. The molecule has 0 radical (unpaired) electrons. The van der Waals surface area contributed by atoms with Crippen molar-refractivity contribution in [2.45, 2.75) is 52.1 Å². The molecular weight excluding hydrogens is 216 g/mol. The van der Waals surface area contributed by atoms with Crippen LogP contribution in [0.2, 0.25) is 0 Å². The number of rotatable bonds is 10. The van der Waals surface area contributed by atoms with E-state index in [1.165, 1.54) is 25.0 Å². The molecular formula is C13H30N2S. The molecule has 0 aromatic carbocycles. The van der Waals surface area contributed by atoms with E-state index < -0.39 is 0 Å². The molecule has 0 aliphatic rings. The van der Waals surface area contributed by atoms with Crippen molar-refractivity contribution >= 4 is 11.8 Å². The summed E-state index contributed by atoms with van der Waals surface area (Å²) in [5.41, 5.74) is 0. The van der Waals surface area contributed by atoms with Crippen LogP contribution in [0.4, 0.5) is 0 Å². The number of hydrogen-bond donors (Lipinski definition) is 1. The van der Waals surface area contributed by atoms with Gasteiger partial charge in [0.25, 0.3) is 0 Å². The quantitative estimate of drug-likeness (QED) is 0.638. The van der Waals surface area contributed by atoms with Crippen LogP contribution in [0.15, 0.2) is 0 Å². The predicted molar refractivity (Wildman–Crippen MR) is 77.5 cm³/mol. The van der Waals surface area contributed by atoms with Gasteiger partial charge in [0.2, 0.25) is 0 Å². The monoisotopic (exact) mass is 246 g/mol. The minimum atomic E-state index is 0.696. The van der Waals surface area contributed by atoms with E-state index in [-0.39, 0.29) is 0 Å². The highest BCUT2D eigenvalue weighted by Gasteiger charge is 2.18. The van der Waals surface area contributed by atoms with Gasteiger partial charge in [-0.1, -0.05) is 20.3 Å². The second kappa shape index (κ2) is 10.4. The van der Waals surface area contributed by atoms with Crippen molar-refractivity contribution in [2.24, 2.45) is 0 Å². The normalized spacial score (nSPS) is 15.4. The van der Waals surface area contributed by atoms with E-state index in [2.05, 4.69) is 44.3 Å². The van der Waals surface area contributed by atoms with Crippen molar-refractivity contribution in [3.05, 3.63) is 0 Å². The first-order valence-corrected chi connectivity index (χ1v) is 7.98. The van der Waals surface area contributed by atoms with Crippen molar-refractivity contribution in [1.29, 1.82) is 0 Å². The Bertz CT molecular complexity index is 153. The van der Waals surface area contributed by atoms with Crippen LogP contribution in [-0.2, 0) is 0 Å². The summed E-state index contributed by atoms with van der Waals surface area (Å²) in [6.07, 6.45) is 6.06. The van der Waals surface area contributed by atoms with Crippen molar-refractivity contribution in [2.75, 3.05) is 32.1 Å². The third-order valence-electron chi connectivity index (χ3n) is 3.26. The summed E-state index contributed by atoms with van der Waals surface area (Å²) in [5.74, 6) is 1.27. The minimum Gasteiger partial charge on any atom is -0.315 e. The van der Waals surface area contributed by atoms with Crippen LogP contribution in [0.3, 0.4) is 0 Å². The first-order chi connectivity index (χ1) is 7.67. The minimum absolute atomic E-state index is 0.696. The first kappa shape index (κ1) is 16.3. The summed E-state index contributed by atoms with van der Waals surface area (Å²) >= 11 is 1.95. The van der Waals surface area contributed by atoms with Gasteiger partial charge in [0.1, 0.15) is 0 Å². The maximum absolute atomic E-state index is 3.48. The Labute approximate surface area is 107 Å². The molecule has 98 valence electrons. The van der Waals surface area contributed by atoms with Crippen LogP contribution in [0, 0.1) is 0 Å². The van der Waals surface area contributed by atoms with E-state index in [0.717, 1.165) is 13.1 Å². The SMILES string of the molecule is CCCC(CNCC)N(C)C(C)CCSC. The van der Waals surface area contributed by atoms with Crippen molar-refractivity contribution in [1.82, 2.24) is 10.2 Å². The van der Waals surface area contributed by atoms with Crippen molar-refractivity contribution < 1.29 is 0 Å². The van der Waals surface area contributed by atoms with E-state index in [4.69, 9.17) is 0 Å². The maximum atomic E-state index is 3.48. The molecule has 0 amide bonds. The zero-order valence-corrected chi connectivity index (χ0v) is 12.6. The fourth-order valence-electron chi connectivity index (χ4n) is 1.95. The van der Waals surface area contributed by atoms with Crippen LogP contribution in [0.5, 0.6) is 0 Å². The fraction of sp³-hybridized carbons (Fsp3) is 1.00. The summed E-state index contributed by atoms with van der Waals surface area (Å²) in [5, 5.41) is 3.48. The largest absolute Gasteiger partial charge is 0.315 e. The van der Waals surface area contributed by atoms with Gasteiger partial charge < -0.3 is 5.32 Å². The molecule has 0 saturated heterocycles. The topological polar surface area (TPSA) is 15.3 Å². The third kappa shape index (κ3) is 6.77. The summed E-state index contributed by atoms with van der Waals surface area (Å²) in [6.45, 7) is 9.02. The number of thioether (sulfide) groups is 1. The molecule has 0 fully saturated rings. The zero-order valence-electron chi connectivity index (χ0n) is 11.8. The maximum Gasteiger partial charge on any atom is 0.0220 e. The number of nitrogens with one attached hydrogen (secondary N) is 1. The molecule has 3 heteroatoms. The van der Waals surface area contributed by atoms with Crippen LogP contribution in [-0.4, -0.2) is 49.1 Å². The Hall–Kier alpha value is 0.270. The van der Waals surface area contributed by atoms with E-state index in [1.54, 1.807) is 0 Å². The molecule has 16 heavy (non-hydrogen) atoms. The average molecular weight is 246 g/mol. The molecule has 0 heterocycles. The Kier molecular flexibility index (Phi) is 10.6. The van der Waals surface area contributed by atoms with Crippen LogP contribution < -0.4 is 5.32 Å². The molecule has 0 spiro atoms. The van der Waals surface area contributed by atoms with E-state index in [1.807, 2.05) is 11.8 Å². The lowest BCUT2D eigenvalue weighted by molar-refractivity contribution is 0.168. The van der Waals surface area contributed by atoms with Gasteiger partial charge in [-0.2, -0.15) is 11.8 Å². The zero-order chi connectivity index (χ0) is 12.4. The third-order valence-corrected chi connectivity index (χ3v) is 3.91. The molecule has 0 aromatic rings. The van der Waals surface area contributed by atoms with E-state index in [9.17, 15) is 0 Å². The lowest BCUT2D eigenvalue weighted by Gasteiger charge is -2.33. The Morgan fingerprint density at radius 3 is 2.44 bits per heavy atom. The van der Waals surface area contributed by atoms with Crippen LogP contribution in [0.25, 0.3) is 0 Å². The predicted octanol–water partition coefficient (Wildman–Crippen LogP) is 2.84. The molecule has 0 bridgehead atoms. The van der Waals surface area contributed by atoms with Gasteiger partial charge in [0, 0.05) is 18.6 Å². The summed E-state index contributed by atoms with van der Waals surface area (Å²) in [7, 11) is 2.28. The number of nitrogens with zero attached hydrogens (tertiary/aromatic N) is 1. The highest BCUT2D eigenvalue weighted by Crippen LogP contribution is 2.12. The lowest BCUT2D eigenvalue weighted by atomic mass is 10.1. The summed E-state index contributed by atoms with van der Waals surface area (Å²) in [4.78, 5) is 2.56. The first-order valence-electron chi connectivity index (χ1n) is 6.58.